The van der Waals surface area contributed by atoms with E-state index in [4.69, 9.17) is 0 Å². The zero-order valence-electron chi connectivity index (χ0n) is 16.5. The summed E-state index contributed by atoms with van der Waals surface area (Å²) in [5.41, 5.74) is 1.36. The maximum absolute atomic E-state index is 12.5. The standard InChI is InChI=1S/C22H34N2O2/c1-15(2)19-10-9-17-6-4-5-7-20(17)24(19)13-12-23-22(26)18-14-16(3)8-11-21(18)25/h8,11,14-15,17,19-20,25H,4-7,9-10,12-13H2,1-3H3,(H,23,26)/t17-,19-,20-/m0/s1. The van der Waals surface area contributed by atoms with Crippen molar-refractivity contribution in [2.24, 2.45) is 11.8 Å². The van der Waals surface area contributed by atoms with Gasteiger partial charge < -0.3 is 10.4 Å². The van der Waals surface area contributed by atoms with Crippen LogP contribution in [-0.2, 0) is 0 Å². The number of carbonyl (C=O) groups excluding carboxylic acids is 1. The molecule has 0 radical (unpaired) electrons. The number of aryl methyl sites for hydroxylation is 1. The molecule has 2 N–H and O–H groups in total. The third-order valence-electron chi connectivity index (χ3n) is 6.38. The number of hydrogen-bond acceptors (Lipinski definition) is 3. The molecule has 2 aliphatic rings. The quantitative estimate of drug-likeness (QED) is 0.833. The third-order valence-corrected chi connectivity index (χ3v) is 6.38. The van der Waals surface area contributed by atoms with Crippen molar-refractivity contribution in [3.63, 3.8) is 0 Å². The molecule has 144 valence electrons. The van der Waals surface area contributed by atoms with Crippen molar-refractivity contribution in [1.29, 1.82) is 0 Å². The molecule has 0 bridgehead atoms. The molecular formula is C22H34N2O2. The smallest absolute Gasteiger partial charge is 0.255 e. The molecule has 4 heteroatoms. The van der Waals surface area contributed by atoms with E-state index in [1.54, 1.807) is 12.1 Å². The predicted octanol–water partition coefficient (Wildman–Crippen LogP) is 4.11. The fraction of sp³-hybridized carbons (Fsp3) is 0.682. The molecule has 0 aromatic heterocycles. The Kier molecular flexibility index (Phi) is 6.23. The van der Waals surface area contributed by atoms with Gasteiger partial charge in [-0.2, -0.15) is 0 Å². The van der Waals surface area contributed by atoms with E-state index in [2.05, 4.69) is 24.1 Å². The number of phenolic OH excluding ortho intramolecular Hbond substituents is 1. The van der Waals surface area contributed by atoms with Gasteiger partial charge in [0.15, 0.2) is 0 Å². The number of benzene rings is 1. The fourth-order valence-corrected chi connectivity index (χ4v) is 5.03. The Morgan fingerprint density at radius 1 is 1.23 bits per heavy atom. The summed E-state index contributed by atoms with van der Waals surface area (Å²) in [7, 11) is 0. The molecule has 4 nitrogen and oxygen atoms in total. The van der Waals surface area contributed by atoms with Crippen LogP contribution in [0.3, 0.4) is 0 Å². The summed E-state index contributed by atoms with van der Waals surface area (Å²) in [6, 6.07) is 6.47. The summed E-state index contributed by atoms with van der Waals surface area (Å²) in [6.45, 7) is 8.12. The monoisotopic (exact) mass is 358 g/mol. The van der Waals surface area contributed by atoms with E-state index >= 15 is 0 Å². The Balaban J connectivity index is 1.62. The van der Waals surface area contributed by atoms with Crippen molar-refractivity contribution >= 4 is 5.91 Å². The van der Waals surface area contributed by atoms with Gasteiger partial charge in [0.2, 0.25) is 0 Å². The van der Waals surface area contributed by atoms with Crippen LogP contribution in [-0.4, -0.2) is 41.1 Å². The van der Waals surface area contributed by atoms with Crippen molar-refractivity contribution in [2.75, 3.05) is 13.1 Å². The second-order valence-electron chi connectivity index (χ2n) is 8.51. The fourth-order valence-electron chi connectivity index (χ4n) is 5.03. The Labute approximate surface area is 158 Å². The van der Waals surface area contributed by atoms with Crippen LogP contribution in [0.5, 0.6) is 5.75 Å². The topological polar surface area (TPSA) is 52.6 Å². The SMILES string of the molecule is Cc1ccc(O)c(C(=O)NCCN2[C@H](C(C)C)CC[C@@H]3CCCC[C@@H]32)c1. The summed E-state index contributed by atoms with van der Waals surface area (Å²) < 4.78 is 0. The number of amides is 1. The van der Waals surface area contributed by atoms with E-state index < -0.39 is 0 Å². The largest absolute Gasteiger partial charge is 0.507 e. The minimum Gasteiger partial charge on any atom is -0.507 e. The number of hydrogen-bond donors (Lipinski definition) is 2. The number of piperidine rings is 1. The molecular weight excluding hydrogens is 324 g/mol. The first-order valence-electron chi connectivity index (χ1n) is 10.3. The molecule has 1 aromatic carbocycles. The van der Waals surface area contributed by atoms with Gasteiger partial charge in [0.25, 0.3) is 5.91 Å². The maximum atomic E-state index is 12.5. The van der Waals surface area contributed by atoms with Gasteiger partial charge in [-0.3, -0.25) is 9.69 Å². The van der Waals surface area contributed by atoms with Gasteiger partial charge in [-0.25, -0.2) is 0 Å². The number of nitrogens with one attached hydrogen (secondary N) is 1. The summed E-state index contributed by atoms with van der Waals surface area (Å²) in [6.07, 6.45) is 8.05. The van der Waals surface area contributed by atoms with Crippen molar-refractivity contribution in [1.82, 2.24) is 10.2 Å². The van der Waals surface area contributed by atoms with Gasteiger partial charge in [0.05, 0.1) is 5.56 Å². The van der Waals surface area contributed by atoms with Crippen LogP contribution < -0.4 is 5.32 Å². The van der Waals surface area contributed by atoms with Crippen molar-refractivity contribution in [3.8, 4) is 5.75 Å². The number of fused-ring (bicyclic) bond motifs is 1. The minimum absolute atomic E-state index is 0.0541. The van der Waals surface area contributed by atoms with Crippen LogP contribution in [0, 0.1) is 18.8 Å². The first-order chi connectivity index (χ1) is 12.5. The van der Waals surface area contributed by atoms with E-state index in [0.717, 1.165) is 18.0 Å². The van der Waals surface area contributed by atoms with E-state index in [0.29, 0.717) is 30.1 Å². The van der Waals surface area contributed by atoms with E-state index in [1.165, 1.54) is 38.5 Å². The van der Waals surface area contributed by atoms with Gasteiger partial charge >= 0.3 is 0 Å². The Morgan fingerprint density at radius 2 is 2.00 bits per heavy atom. The highest BCUT2D eigenvalue weighted by Gasteiger charge is 2.38. The number of aromatic hydroxyl groups is 1. The van der Waals surface area contributed by atoms with Crippen molar-refractivity contribution in [2.45, 2.75) is 71.4 Å². The van der Waals surface area contributed by atoms with E-state index in [-0.39, 0.29) is 11.7 Å². The number of carbonyl (C=O) groups is 1. The summed E-state index contributed by atoms with van der Waals surface area (Å²) in [5.74, 6) is 1.37. The summed E-state index contributed by atoms with van der Waals surface area (Å²) in [5, 5.41) is 13.0. The molecule has 26 heavy (non-hydrogen) atoms. The predicted molar refractivity (Wildman–Crippen MR) is 105 cm³/mol. The van der Waals surface area contributed by atoms with Crippen molar-refractivity contribution < 1.29 is 9.90 Å². The molecule has 0 unspecified atom stereocenters. The summed E-state index contributed by atoms with van der Waals surface area (Å²) >= 11 is 0. The first-order valence-corrected chi connectivity index (χ1v) is 10.3. The lowest BCUT2D eigenvalue weighted by Gasteiger charge is -2.50. The van der Waals surface area contributed by atoms with Crippen LogP contribution in [0.4, 0.5) is 0 Å². The number of rotatable bonds is 5. The second-order valence-corrected chi connectivity index (χ2v) is 8.51. The second kappa shape index (κ2) is 8.43. The van der Waals surface area contributed by atoms with Gasteiger partial charge in [0, 0.05) is 25.2 Å². The number of phenols is 1. The molecule has 3 atom stereocenters. The van der Waals surface area contributed by atoms with E-state index in [9.17, 15) is 9.90 Å². The molecule has 1 aliphatic heterocycles. The molecule has 1 saturated carbocycles. The highest BCUT2D eigenvalue weighted by atomic mass is 16.3. The van der Waals surface area contributed by atoms with Gasteiger partial charge in [-0.15, -0.1) is 0 Å². The normalized spacial score (nSPS) is 26.5. The lowest BCUT2D eigenvalue weighted by molar-refractivity contribution is -0.00219. The Hall–Kier alpha value is -1.55. The van der Waals surface area contributed by atoms with Gasteiger partial charge in [-0.05, 0) is 56.6 Å². The van der Waals surface area contributed by atoms with Crippen LogP contribution in [0.25, 0.3) is 0 Å². The first kappa shape index (κ1) is 19.2. The van der Waals surface area contributed by atoms with Crippen LogP contribution in [0.2, 0.25) is 0 Å². The molecule has 1 heterocycles. The lowest BCUT2D eigenvalue weighted by Crippen LogP contribution is -2.55. The Bertz CT molecular complexity index is 629. The molecule has 2 fully saturated rings. The highest BCUT2D eigenvalue weighted by molar-refractivity contribution is 5.96. The third kappa shape index (κ3) is 4.22. The van der Waals surface area contributed by atoms with Gasteiger partial charge in [-0.1, -0.05) is 38.3 Å². The molecule has 1 aromatic rings. The average Bonchev–Trinajstić information content (AvgIpc) is 2.63. The molecule has 1 aliphatic carbocycles. The molecule has 1 saturated heterocycles. The molecule has 1 amide bonds. The average molecular weight is 359 g/mol. The van der Waals surface area contributed by atoms with Crippen LogP contribution in [0.1, 0.15) is 68.3 Å². The Morgan fingerprint density at radius 3 is 2.77 bits per heavy atom. The highest BCUT2D eigenvalue weighted by Crippen LogP contribution is 2.39. The number of likely N-dealkylation sites (tertiary alicyclic amines) is 1. The van der Waals surface area contributed by atoms with E-state index in [1.807, 2.05) is 13.0 Å². The lowest BCUT2D eigenvalue weighted by atomic mass is 9.74. The minimum atomic E-state index is -0.176. The van der Waals surface area contributed by atoms with Gasteiger partial charge in [0.1, 0.15) is 5.75 Å². The maximum Gasteiger partial charge on any atom is 0.255 e. The number of nitrogens with zero attached hydrogens (tertiary/aromatic N) is 1. The molecule has 0 spiro atoms. The van der Waals surface area contributed by atoms with Crippen LogP contribution in [0.15, 0.2) is 18.2 Å². The summed E-state index contributed by atoms with van der Waals surface area (Å²) in [4.78, 5) is 15.2. The molecule has 3 rings (SSSR count). The zero-order valence-corrected chi connectivity index (χ0v) is 16.5. The van der Waals surface area contributed by atoms with Crippen LogP contribution >= 0.6 is 0 Å². The van der Waals surface area contributed by atoms with Crippen molar-refractivity contribution in [3.05, 3.63) is 29.3 Å². The zero-order chi connectivity index (χ0) is 18.7.